The molecule has 0 saturated heterocycles. The average Bonchev–Trinajstić information content (AvgIpc) is 2.14. The van der Waals surface area contributed by atoms with Gasteiger partial charge in [0.15, 0.2) is 5.58 Å². The third kappa shape index (κ3) is 1.21. The maximum absolute atomic E-state index is 11.0. The van der Waals surface area contributed by atoms with E-state index in [-0.39, 0.29) is 0 Å². The first-order chi connectivity index (χ1) is 6.59. The molecular formula is C11H11NO2. The fourth-order valence-corrected chi connectivity index (χ4v) is 1.57. The molecule has 1 heterocycles. The SMILES string of the molecule is Cc1cc(C)c2oc(=O)cnc2c1C. The number of rotatable bonds is 0. The number of aryl methyl sites for hydroxylation is 3. The number of hydrogen-bond donors (Lipinski definition) is 0. The van der Waals surface area contributed by atoms with Crippen molar-refractivity contribution in [2.24, 2.45) is 0 Å². The first kappa shape index (κ1) is 8.94. The summed E-state index contributed by atoms with van der Waals surface area (Å²) in [7, 11) is 0. The van der Waals surface area contributed by atoms with Crippen LogP contribution >= 0.6 is 0 Å². The Morgan fingerprint density at radius 3 is 2.64 bits per heavy atom. The van der Waals surface area contributed by atoms with E-state index in [0.717, 1.165) is 22.2 Å². The molecule has 0 aliphatic heterocycles. The summed E-state index contributed by atoms with van der Waals surface area (Å²) in [4.78, 5) is 15.1. The van der Waals surface area contributed by atoms with E-state index in [1.54, 1.807) is 0 Å². The van der Waals surface area contributed by atoms with Crippen LogP contribution < -0.4 is 5.63 Å². The molecule has 0 radical (unpaired) electrons. The summed E-state index contributed by atoms with van der Waals surface area (Å²) >= 11 is 0. The average molecular weight is 189 g/mol. The fraction of sp³-hybridized carbons (Fsp3) is 0.273. The molecule has 0 atom stereocenters. The lowest BCUT2D eigenvalue weighted by Gasteiger charge is -2.05. The van der Waals surface area contributed by atoms with Crippen molar-refractivity contribution in [2.75, 3.05) is 0 Å². The van der Waals surface area contributed by atoms with Gasteiger partial charge in [-0.15, -0.1) is 0 Å². The van der Waals surface area contributed by atoms with Crippen molar-refractivity contribution >= 4 is 11.1 Å². The summed E-state index contributed by atoms with van der Waals surface area (Å²) in [6.07, 6.45) is 1.22. The Hall–Kier alpha value is -1.64. The Kier molecular flexibility index (Phi) is 1.88. The second-order valence-corrected chi connectivity index (χ2v) is 3.49. The summed E-state index contributed by atoms with van der Waals surface area (Å²) in [6.45, 7) is 5.91. The molecule has 14 heavy (non-hydrogen) atoms. The van der Waals surface area contributed by atoms with E-state index in [9.17, 15) is 4.79 Å². The van der Waals surface area contributed by atoms with Crippen LogP contribution in [0.15, 0.2) is 21.5 Å². The largest absolute Gasteiger partial charge is 0.420 e. The minimum absolute atomic E-state index is 0.399. The van der Waals surface area contributed by atoms with Crippen molar-refractivity contribution in [2.45, 2.75) is 20.8 Å². The van der Waals surface area contributed by atoms with Gasteiger partial charge < -0.3 is 4.42 Å². The number of aromatic nitrogens is 1. The number of fused-ring (bicyclic) bond motifs is 1. The molecule has 0 saturated carbocycles. The van der Waals surface area contributed by atoms with E-state index in [4.69, 9.17) is 4.42 Å². The van der Waals surface area contributed by atoms with Gasteiger partial charge in [-0.2, -0.15) is 0 Å². The normalized spacial score (nSPS) is 10.8. The lowest BCUT2D eigenvalue weighted by molar-refractivity contribution is 0.552. The number of benzene rings is 1. The van der Waals surface area contributed by atoms with Gasteiger partial charge in [0, 0.05) is 0 Å². The van der Waals surface area contributed by atoms with Crippen LogP contribution in [0.25, 0.3) is 11.1 Å². The van der Waals surface area contributed by atoms with Gasteiger partial charge in [-0.1, -0.05) is 6.07 Å². The van der Waals surface area contributed by atoms with Crippen LogP contribution in [-0.4, -0.2) is 4.98 Å². The molecule has 0 aliphatic rings. The van der Waals surface area contributed by atoms with Gasteiger partial charge in [0.25, 0.3) is 0 Å². The maximum atomic E-state index is 11.0. The summed E-state index contributed by atoms with van der Waals surface area (Å²) in [5, 5.41) is 0. The highest BCUT2D eigenvalue weighted by Gasteiger charge is 2.07. The van der Waals surface area contributed by atoms with Gasteiger partial charge in [0.05, 0.1) is 0 Å². The third-order valence-corrected chi connectivity index (χ3v) is 2.45. The van der Waals surface area contributed by atoms with Crippen molar-refractivity contribution in [1.82, 2.24) is 4.98 Å². The zero-order valence-corrected chi connectivity index (χ0v) is 8.42. The van der Waals surface area contributed by atoms with E-state index in [1.165, 1.54) is 6.20 Å². The van der Waals surface area contributed by atoms with Gasteiger partial charge in [0.2, 0.25) is 0 Å². The second-order valence-electron chi connectivity index (χ2n) is 3.49. The maximum Gasteiger partial charge on any atom is 0.354 e. The van der Waals surface area contributed by atoms with Crippen molar-refractivity contribution < 1.29 is 4.42 Å². The van der Waals surface area contributed by atoms with Gasteiger partial charge in [-0.05, 0) is 37.5 Å². The van der Waals surface area contributed by atoms with Crippen LogP contribution in [0.1, 0.15) is 16.7 Å². The van der Waals surface area contributed by atoms with Gasteiger partial charge in [-0.25, -0.2) is 9.78 Å². The Morgan fingerprint density at radius 2 is 1.93 bits per heavy atom. The summed E-state index contributed by atoms with van der Waals surface area (Å²) in [5.74, 6) is 0. The molecule has 0 fully saturated rings. The highest BCUT2D eigenvalue weighted by Crippen LogP contribution is 2.21. The van der Waals surface area contributed by atoms with E-state index in [2.05, 4.69) is 4.98 Å². The lowest BCUT2D eigenvalue weighted by atomic mass is 10.0. The van der Waals surface area contributed by atoms with Crippen molar-refractivity contribution in [1.29, 1.82) is 0 Å². The van der Waals surface area contributed by atoms with Crippen LogP contribution in [0.3, 0.4) is 0 Å². The number of nitrogens with zero attached hydrogens (tertiary/aromatic N) is 1. The first-order valence-electron chi connectivity index (χ1n) is 4.46. The molecule has 0 aliphatic carbocycles. The molecule has 1 aromatic heterocycles. The van der Waals surface area contributed by atoms with Crippen LogP contribution in [0.5, 0.6) is 0 Å². The lowest BCUT2D eigenvalue weighted by Crippen LogP contribution is -2.00. The minimum Gasteiger partial charge on any atom is -0.420 e. The zero-order valence-electron chi connectivity index (χ0n) is 8.42. The molecule has 3 heteroatoms. The molecule has 0 N–H and O–H groups in total. The highest BCUT2D eigenvalue weighted by molar-refractivity contribution is 5.80. The van der Waals surface area contributed by atoms with E-state index >= 15 is 0 Å². The molecule has 2 aromatic rings. The monoisotopic (exact) mass is 189 g/mol. The fourth-order valence-electron chi connectivity index (χ4n) is 1.57. The van der Waals surface area contributed by atoms with Crippen LogP contribution in [-0.2, 0) is 0 Å². The van der Waals surface area contributed by atoms with Gasteiger partial charge >= 0.3 is 5.63 Å². The minimum atomic E-state index is -0.399. The molecule has 72 valence electrons. The number of hydrogen-bond acceptors (Lipinski definition) is 3. The summed E-state index contributed by atoms with van der Waals surface area (Å²) < 4.78 is 5.11. The van der Waals surface area contributed by atoms with Crippen LogP contribution in [0, 0.1) is 20.8 Å². The molecule has 0 bridgehead atoms. The van der Waals surface area contributed by atoms with E-state index in [1.807, 2.05) is 26.8 Å². The predicted octanol–water partition coefficient (Wildman–Crippen LogP) is 2.11. The van der Waals surface area contributed by atoms with Gasteiger partial charge in [0.1, 0.15) is 11.7 Å². The topological polar surface area (TPSA) is 43.1 Å². The quantitative estimate of drug-likeness (QED) is 0.637. The zero-order chi connectivity index (χ0) is 10.3. The standard InChI is InChI=1S/C11H11NO2/c1-6-4-7(2)11-10(8(6)3)12-5-9(13)14-11/h4-5H,1-3H3. The Balaban J connectivity index is 3.02. The molecule has 0 unspecified atom stereocenters. The van der Waals surface area contributed by atoms with Crippen LogP contribution in [0.4, 0.5) is 0 Å². The Bertz CT molecular complexity index is 555. The highest BCUT2D eigenvalue weighted by atomic mass is 16.4. The molecule has 0 amide bonds. The van der Waals surface area contributed by atoms with Crippen molar-refractivity contribution in [3.8, 4) is 0 Å². The van der Waals surface area contributed by atoms with Crippen molar-refractivity contribution in [3.63, 3.8) is 0 Å². The first-order valence-corrected chi connectivity index (χ1v) is 4.46. The van der Waals surface area contributed by atoms with Gasteiger partial charge in [-0.3, -0.25) is 0 Å². The van der Waals surface area contributed by atoms with Crippen LogP contribution in [0.2, 0.25) is 0 Å². The van der Waals surface area contributed by atoms with Crippen molar-refractivity contribution in [3.05, 3.63) is 39.4 Å². The predicted molar refractivity (Wildman–Crippen MR) is 54.5 cm³/mol. The molecule has 3 nitrogen and oxygen atoms in total. The Labute approximate surface area is 81.4 Å². The molecule has 0 spiro atoms. The summed E-state index contributed by atoms with van der Waals surface area (Å²) in [6, 6.07) is 2.00. The summed E-state index contributed by atoms with van der Waals surface area (Å²) in [5.41, 5.74) is 4.16. The molecule has 1 aromatic carbocycles. The molecular weight excluding hydrogens is 178 g/mol. The van der Waals surface area contributed by atoms with E-state index < -0.39 is 5.63 Å². The van der Waals surface area contributed by atoms with E-state index in [0.29, 0.717) is 5.58 Å². The Morgan fingerprint density at radius 1 is 1.21 bits per heavy atom. The smallest absolute Gasteiger partial charge is 0.354 e. The second kappa shape index (κ2) is 2.94. The third-order valence-electron chi connectivity index (χ3n) is 2.45. The molecule has 2 rings (SSSR count).